The minimum Gasteiger partial charge on any atom is -0.354 e. The van der Waals surface area contributed by atoms with E-state index in [2.05, 4.69) is 25.4 Å². The zero-order valence-electron chi connectivity index (χ0n) is 13.9. The van der Waals surface area contributed by atoms with E-state index in [1.807, 2.05) is 18.2 Å². The first-order valence-corrected chi connectivity index (χ1v) is 9.58. The number of sulfonamides is 1. The van der Waals surface area contributed by atoms with Gasteiger partial charge in [-0.3, -0.25) is 0 Å². The summed E-state index contributed by atoms with van der Waals surface area (Å²) in [5, 5.41) is 10.9. The van der Waals surface area contributed by atoms with Crippen molar-refractivity contribution in [2.75, 3.05) is 31.1 Å². The van der Waals surface area contributed by atoms with E-state index in [4.69, 9.17) is 0 Å². The van der Waals surface area contributed by atoms with Gasteiger partial charge in [0.1, 0.15) is 12.1 Å². The molecular weight excluding hydrogens is 354 g/mol. The summed E-state index contributed by atoms with van der Waals surface area (Å²) in [6, 6.07) is 12.3. The average molecular weight is 371 g/mol. The van der Waals surface area contributed by atoms with E-state index in [9.17, 15) is 8.42 Å². The third-order valence-electron chi connectivity index (χ3n) is 4.30. The molecule has 9 nitrogen and oxygen atoms in total. The molecule has 2 aromatic heterocycles. The van der Waals surface area contributed by atoms with Gasteiger partial charge in [-0.15, -0.1) is 5.10 Å². The topological polar surface area (TPSA) is 97.1 Å². The molecule has 0 saturated carbocycles. The lowest BCUT2D eigenvalue weighted by atomic mass is 10.3. The van der Waals surface area contributed by atoms with Crippen molar-refractivity contribution in [1.82, 2.24) is 29.5 Å². The molecule has 0 radical (unpaired) electrons. The number of aromatic nitrogens is 5. The minimum atomic E-state index is -3.53. The first-order chi connectivity index (χ1) is 12.6. The Balaban J connectivity index is 1.47. The molecule has 3 heterocycles. The normalized spacial score (nSPS) is 15.9. The largest absolute Gasteiger partial charge is 0.354 e. The van der Waals surface area contributed by atoms with E-state index >= 15 is 0 Å². The molecule has 0 N–H and O–H groups in total. The number of hydrogen-bond acceptors (Lipinski definition) is 7. The van der Waals surface area contributed by atoms with Crippen molar-refractivity contribution in [1.29, 1.82) is 0 Å². The molecule has 134 valence electrons. The number of hydrogen-bond donors (Lipinski definition) is 0. The van der Waals surface area contributed by atoms with Crippen LogP contribution in [0.15, 0.2) is 59.9 Å². The second kappa shape index (κ2) is 6.81. The summed E-state index contributed by atoms with van der Waals surface area (Å²) < 4.78 is 28.7. The summed E-state index contributed by atoms with van der Waals surface area (Å²) in [5.74, 6) is 0.871. The molecular formula is C16H17N7O2S. The van der Waals surface area contributed by atoms with Gasteiger partial charge in [0.05, 0.1) is 10.6 Å². The number of rotatable bonds is 4. The number of benzene rings is 1. The van der Waals surface area contributed by atoms with Crippen molar-refractivity contribution in [3.8, 4) is 5.69 Å². The zero-order valence-corrected chi connectivity index (χ0v) is 14.7. The highest BCUT2D eigenvalue weighted by Gasteiger charge is 2.28. The van der Waals surface area contributed by atoms with Crippen molar-refractivity contribution in [2.45, 2.75) is 4.90 Å². The molecule has 1 fully saturated rings. The van der Waals surface area contributed by atoms with Crippen LogP contribution in [-0.2, 0) is 10.0 Å². The van der Waals surface area contributed by atoms with Gasteiger partial charge in [-0.05, 0) is 46.8 Å². The molecule has 0 atom stereocenters. The SMILES string of the molecule is O=S(=O)(c1ccc(-n2cnnn2)cc1)N1CCN(c2ccccn2)CC1. The van der Waals surface area contributed by atoms with Crippen LogP contribution < -0.4 is 4.90 Å². The molecule has 0 spiro atoms. The molecule has 0 bridgehead atoms. The van der Waals surface area contributed by atoms with E-state index in [0.717, 1.165) is 5.82 Å². The van der Waals surface area contributed by atoms with Gasteiger partial charge in [0.25, 0.3) is 0 Å². The Kier molecular flexibility index (Phi) is 4.35. The highest BCUT2D eigenvalue weighted by Crippen LogP contribution is 2.21. The van der Waals surface area contributed by atoms with E-state index < -0.39 is 10.0 Å². The summed E-state index contributed by atoms with van der Waals surface area (Å²) in [4.78, 5) is 6.68. The van der Waals surface area contributed by atoms with Crippen molar-refractivity contribution in [3.05, 3.63) is 55.0 Å². The van der Waals surface area contributed by atoms with Crippen molar-refractivity contribution < 1.29 is 8.42 Å². The molecule has 1 saturated heterocycles. The van der Waals surface area contributed by atoms with Gasteiger partial charge in [0, 0.05) is 32.4 Å². The van der Waals surface area contributed by atoms with Crippen LogP contribution in [0.25, 0.3) is 5.69 Å². The minimum absolute atomic E-state index is 0.264. The molecule has 1 aromatic carbocycles. The fourth-order valence-corrected chi connectivity index (χ4v) is 4.32. The predicted octanol–water partition coefficient (Wildman–Crippen LogP) is 0.568. The Morgan fingerprint density at radius 2 is 1.69 bits per heavy atom. The second-order valence-corrected chi connectivity index (χ2v) is 7.77. The molecule has 3 aromatic rings. The van der Waals surface area contributed by atoms with Crippen LogP contribution >= 0.6 is 0 Å². The fraction of sp³-hybridized carbons (Fsp3) is 0.250. The summed E-state index contributed by atoms with van der Waals surface area (Å²) >= 11 is 0. The lowest BCUT2D eigenvalue weighted by Crippen LogP contribution is -2.48. The van der Waals surface area contributed by atoms with Crippen LogP contribution in [0.2, 0.25) is 0 Å². The van der Waals surface area contributed by atoms with Crippen LogP contribution in [0.3, 0.4) is 0 Å². The highest BCUT2D eigenvalue weighted by atomic mass is 32.2. The van der Waals surface area contributed by atoms with E-state index in [1.165, 1.54) is 15.3 Å². The standard InChI is InChI=1S/C16H17N7O2S/c24-26(25,15-6-4-14(5-7-15)23-13-18-19-20-23)22-11-9-21(10-12-22)16-3-1-2-8-17-16/h1-8,13H,9-12H2. The van der Waals surface area contributed by atoms with Crippen LogP contribution in [0.1, 0.15) is 0 Å². The smallest absolute Gasteiger partial charge is 0.243 e. The van der Waals surface area contributed by atoms with Gasteiger partial charge < -0.3 is 4.90 Å². The van der Waals surface area contributed by atoms with Crippen molar-refractivity contribution in [3.63, 3.8) is 0 Å². The highest BCUT2D eigenvalue weighted by molar-refractivity contribution is 7.89. The summed E-state index contributed by atoms with van der Waals surface area (Å²) in [6.07, 6.45) is 3.20. The quantitative estimate of drug-likeness (QED) is 0.661. The molecule has 26 heavy (non-hydrogen) atoms. The lowest BCUT2D eigenvalue weighted by molar-refractivity contribution is 0.384. The van der Waals surface area contributed by atoms with Gasteiger partial charge in [-0.2, -0.15) is 4.31 Å². The van der Waals surface area contributed by atoms with Crippen molar-refractivity contribution in [2.24, 2.45) is 0 Å². The Hall–Kier alpha value is -2.85. The van der Waals surface area contributed by atoms with Gasteiger partial charge in [-0.1, -0.05) is 6.07 Å². The Morgan fingerprint density at radius 3 is 2.31 bits per heavy atom. The summed E-state index contributed by atoms with van der Waals surface area (Å²) in [7, 11) is -3.53. The van der Waals surface area contributed by atoms with Crippen molar-refractivity contribution >= 4 is 15.8 Å². The maximum absolute atomic E-state index is 12.9. The summed E-state index contributed by atoms with van der Waals surface area (Å²) in [6.45, 7) is 2.07. The number of tetrazole rings is 1. The number of anilines is 1. The first-order valence-electron chi connectivity index (χ1n) is 8.14. The number of nitrogens with zero attached hydrogens (tertiary/aromatic N) is 7. The van der Waals surface area contributed by atoms with E-state index in [-0.39, 0.29) is 4.90 Å². The molecule has 0 amide bonds. The van der Waals surface area contributed by atoms with Gasteiger partial charge in [-0.25, -0.2) is 18.1 Å². The van der Waals surface area contributed by atoms with E-state index in [0.29, 0.717) is 31.9 Å². The lowest BCUT2D eigenvalue weighted by Gasteiger charge is -2.34. The summed E-state index contributed by atoms with van der Waals surface area (Å²) in [5.41, 5.74) is 0.703. The third kappa shape index (κ3) is 3.16. The molecule has 10 heteroatoms. The van der Waals surface area contributed by atoms with Crippen LogP contribution in [0.5, 0.6) is 0 Å². The second-order valence-electron chi connectivity index (χ2n) is 5.83. The molecule has 0 unspecified atom stereocenters. The predicted molar refractivity (Wildman–Crippen MR) is 94.4 cm³/mol. The Labute approximate surface area is 150 Å². The molecule has 1 aliphatic rings. The monoisotopic (exact) mass is 371 g/mol. The van der Waals surface area contributed by atoms with Gasteiger partial charge in [0.15, 0.2) is 0 Å². The van der Waals surface area contributed by atoms with E-state index in [1.54, 1.807) is 30.5 Å². The van der Waals surface area contributed by atoms with Crippen LogP contribution in [-0.4, -0.2) is 64.1 Å². The fourth-order valence-electron chi connectivity index (χ4n) is 2.90. The number of pyridine rings is 1. The molecule has 4 rings (SSSR count). The molecule has 0 aliphatic carbocycles. The number of piperazine rings is 1. The Bertz CT molecular complexity index is 952. The third-order valence-corrected chi connectivity index (χ3v) is 6.21. The average Bonchev–Trinajstić information content (AvgIpc) is 3.24. The van der Waals surface area contributed by atoms with Crippen LogP contribution in [0.4, 0.5) is 5.82 Å². The zero-order chi connectivity index (χ0) is 18.0. The Morgan fingerprint density at radius 1 is 0.923 bits per heavy atom. The first kappa shape index (κ1) is 16.6. The van der Waals surface area contributed by atoms with Gasteiger partial charge >= 0.3 is 0 Å². The molecule has 1 aliphatic heterocycles. The van der Waals surface area contributed by atoms with Gasteiger partial charge in [0.2, 0.25) is 10.0 Å². The maximum Gasteiger partial charge on any atom is 0.243 e. The van der Waals surface area contributed by atoms with Crippen LogP contribution in [0, 0.1) is 0 Å². The maximum atomic E-state index is 12.9.